The van der Waals surface area contributed by atoms with Gasteiger partial charge in [0.25, 0.3) is 5.91 Å². The molecule has 0 aliphatic heterocycles. The molecule has 0 fully saturated rings. The van der Waals surface area contributed by atoms with Gasteiger partial charge >= 0.3 is 0 Å². The summed E-state index contributed by atoms with van der Waals surface area (Å²) in [5.74, 6) is 0.371. The molecular formula is C16H19N3O2. The largest absolute Gasteiger partial charge is 0.438 e. The van der Waals surface area contributed by atoms with Gasteiger partial charge in [-0.3, -0.25) is 4.79 Å². The molecule has 0 unspecified atom stereocenters. The summed E-state index contributed by atoms with van der Waals surface area (Å²) in [5.41, 5.74) is 7.68. The molecule has 0 saturated carbocycles. The SMILES string of the molecule is CCNCc1cnc(Oc2ccccc2C(N)=O)c(C)c1. The van der Waals surface area contributed by atoms with Crippen molar-refractivity contribution in [1.29, 1.82) is 0 Å². The molecule has 0 aliphatic carbocycles. The Labute approximate surface area is 124 Å². The molecule has 21 heavy (non-hydrogen) atoms. The number of nitrogens with zero attached hydrogens (tertiary/aromatic N) is 1. The van der Waals surface area contributed by atoms with Crippen LogP contribution in [-0.4, -0.2) is 17.4 Å². The highest BCUT2D eigenvalue weighted by atomic mass is 16.5. The van der Waals surface area contributed by atoms with Gasteiger partial charge in [-0.1, -0.05) is 19.1 Å². The molecule has 0 bridgehead atoms. The molecule has 5 heteroatoms. The number of pyridine rings is 1. The monoisotopic (exact) mass is 285 g/mol. The van der Waals surface area contributed by atoms with E-state index in [4.69, 9.17) is 10.5 Å². The highest BCUT2D eigenvalue weighted by Crippen LogP contribution is 2.26. The number of nitrogens with two attached hydrogens (primary N) is 1. The minimum atomic E-state index is -0.521. The van der Waals surface area contributed by atoms with Crippen molar-refractivity contribution in [3.05, 3.63) is 53.2 Å². The lowest BCUT2D eigenvalue weighted by Crippen LogP contribution is -2.13. The van der Waals surface area contributed by atoms with Crippen LogP contribution in [0.4, 0.5) is 0 Å². The Morgan fingerprint density at radius 2 is 2.14 bits per heavy atom. The second-order valence-electron chi connectivity index (χ2n) is 4.71. The van der Waals surface area contributed by atoms with Gasteiger partial charge in [0, 0.05) is 18.3 Å². The lowest BCUT2D eigenvalue weighted by Gasteiger charge is -2.11. The lowest BCUT2D eigenvalue weighted by molar-refractivity contribution is 0.0998. The van der Waals surface area contributed by atoms with Crippen LogP contribution in [0.3, 0.4) is 0 Å². The van der Waals surface area contributed by atoms with Crippen LogP contribution in [0.5, 0.6) is 11.6 Å². The fraction of sp³-hybridized carbons (Fsp3) is 0.250. The van der Waals surface area contributed by atoms with E-state index in [1.807, 2.05) is 13.0 Å². The van der Waals surface area contributed by atoms with Crippen LogP contribution in [0.2, 0.25) is 0 Å². The number of hydrogen-bond acceptors (Lipinski definition) is 4. The third-order valence-electron chi connectivity index (χ3n) is 3.03. The standard InChI is InChI=1S/C16H19N3O2/c1-3-18-9-12-8-11(2)16(19-10-12)21-14-7-5-4-6-13(14)15(17)20/h4-8,10,18H,3,9H2,1-2H3,(H2,17,20). The summed E-state index contributed by atoms with van der Waals surface area (Å²) in [6.07, 6.45) is 1.76. The number of aryl methyl sites for hydroxylation is 1. The van der Waals surface area contributed by atoms with Crippen LogP contribution in [0.15, 0.2) is 36.5 Å². The maximum atomic E-state index is 11.4. The second-order valence-corrected chi connectivity index (χ2v) is 4.71. The molecule has 0 spiro atoms. The summed E-state index contributed by atoms with van der Waals surface area (Å²) in [5, 5.41) is 3.24. The van der Waals surface area contributed by atoms with Gasteiger partial charge in [0.05, 0.1) is 5.56 Å². The minimum absolute atomic E-state index is 0.343. The van der Waals surface area contributed by atoms with Crippen LogP contribution in [-0.2, 0) is 6.54 Å². The van der Waals surface area contributed by atoms with E-state index >= 15 is 0 Å². The number of hydrogen-bond donors (Lipinski definition) is 2. The fourth-order valence-corrected chi connectivity index (χ4v) is 1.96. The van der Waals surface area contributed by atoms with E-state index in [0.717, 1.165) is 24.2 Å². The minimum Gasteiger partial charge on any atom is -0.438 e. The van der Waals surface area contributed by atoms with Crippen molar-refractivity contribution in [2.24, 2.45) is 5.73 Å². The first kappa shape index (κ1) is 15.0. The summed E-state index contributed by atoms with van der Waals surface area (Å²) in [6, 6.07) is 8.88. The number of nitrogens with one attached hydrogen (secondary N) is 1. The zero-order valence-electron chi connectivity index (χ0n) is 12.2. The van der Waals surface area contributed by atoms with Crippen LogP contribution >= 0.6 is 0 Å². The van der Waals surface area contributed by atoms with Crippen LogP contribution < -0.4 is 15.8 Å². The van der Waals surface area contributed by atoms with Gasteiger partial charge in [0.1, 0.15) is 5.75 Å². The predicted molar refractivity (Wildman–Crippen MR) is 81.4 cm³/mol. The van der Waals surface area contributed by atoms with Gasteiger partial charge in [0.15, 0.2) is 0 Å². The highest BCUT2D eigenvalue weighted by molar-refractivity contribution is 5.95. The fourth-order valence-electron chi connectivity index (χ4n) is 1.96. The molecule has 2 rings (SSSR count). The molecule has 2 aromatic rings. The topological polar surface area (TPSA) is 77.2 Å². The molecule has 0 radical (unpaired) electrons. The third kappa shape index (κ3) is 3.79. The van der Waals surface area contributed by atoms with Crippen molar-refractivity contribution >= 4 is 5.91 Å². The first-order chi connectivity index (χ1) is 10.1. The summed E-state index contributed by atoms with van der Waals surface area (Å²) >= 11 is 0. The Balaban J connectivity index is 2.22. The number of para-hydroxylation sites is 1. The van der Waals surface area contributed by atoms with Crippen molar-refractivity contribution in [3.63, 3.8) is 0 Å². The van der Waals surface area contributed by atoms with E-state index in [9.17, 15) is 4.79 Å². The predicted octanol–water partition coefficient (Wildman–Crippen LogP) is 2.39. The van der Waals surface area contributed by atoms with Crippen molar-refractivity contribution in [1.82, 2.24) is 10.3 Å². The first-order valence-electron chi connectivity index (χ1n) is 6.84. The van der Waals surface area contributed by atoms with Gasteiger partial charge < -0.3 is 15.8 Å². The maximum absolute atomic E-state index is 11.4. The van der Waals surface area contributed by atoms with Crippen molar-refractivity contribution < 1.29 is 9.53 Å². The van der Waals surface area contributed by atoms with Crippen molar-refractivity contribution in [3.8, 4) is 11.6 Å². The molecule has 0 saturated heterocycles. The number of primary amides is 1. The molecule has 5 nitrogen and oxygen atoms in total. The summed E-state index contributed by atoms with van der Waals surface area (Å²) < 4.78 is 5.73. The lowest BCUT2D eigenvalue weighted by atomic mass is 10.2. The normalized spacial score (nSPS) is 10.4. The van der Waals surface area contributed by atoms with Crippen LogP contribution in [0.1, 0.15) is 28.4 Å². The van der Waals surface area contributed by atoms with Gasteiger partial charge in [0.2, 0.25) is 5.88 Å². The average Bonchev–Trinajstić information content (AvgIpc) is 2.48. The Bertz CT molecular complexity index is 641. The van der Waals surface area contributed by atoms with E-state index in [-0.39, 0.29) is 0 Å². The Kier molecular flexibility index (Phi) is 4.90. The van der Waals surface area contributed by atoms with Gasteiger partial charge in [-0.25, -0.2) is 4.98 Å². The number of rotatable bonds is 6. The smallest absolute Gasteiger partial charge is 0.252 e. The zero-order chi connectivity index (χ0) is 15.2. The summed E-state index contributed by atoms with van der Waals surface area (Å²) in [7, 11) is 0. The molecule has 1 amide bonds. The number of carbonyl (C=O) groups is 1. The van der Waals surface area contributed by atoms with E-state index in [2.05, 4.69) is 17.2 Å². The molecule has 1 heterocycles. The van der Waals surface area contributed by atoms with E-state index in [1.165, 1.54) is 0 Å². The summed E-state index contributed by atoms with van der Waals surface area (Å²) in [6.45, 7) is 5.65. The van der Waals surface area contributed by atoms with Crippen molar-refractivity contribution in [2.75, 3.05) is 6.54 Å². The molecule has 0 atom stereocenters. The van der Waals surface area contributed by atoms with Crippen LogP contribution in [0, 0.1) is 6.92 Å². The molecular weight excluding hydrogens is 266 g/mol. The van der Waals surface area contributed by atoms with Gasteiger partial charge in [-0.2, -0.15) is 0 Å². The number of carbonyl (C=O) groups excluding carboxylic acids is 1. The van der Waals surface area contributed by atoms with Gasteiger partial charge in [-0.15, -0.1) is 0 Å². The maximum Gasteiger partial charge on any atom is 0.252 e. The Hall–Kier alpha value is -2.40. The number of ether oxygens (including phenoxy) is 1. The van der Waals surface area contributed by atoms with E-state index in [0.29, 0.717) is 17.2 Å². The molecule has 3 N–H and O–H groups in total. The second kappa shape index (κ2) is 6.85. The van der Waals surface area contributed by atoms with Gasteiger partial charge in [-0.05, 0) is 37.2 Å². The highest BCUT2D eigenvalue weighted by Gasteiger charge is 2.11. The quantitative estimate of drug-likeness (QED) is 0.854. The third-order valence-corrected chi connectivity index (χ3v) is 3.03. The molecule has 1 aromatic carbocycles. The first-order valence-corrected chi connectivity index (χ1v) is 6.84. The van der Waals surface area contributed by atoms with Crippen LogP contribution in [0.25, 0.3) is 0 Å². The average molecular weight is 285 g/mol. The Morgan fingerprint density at radius 3 is 2.81 bits per heavy atom. The van der Waals surface area contributed by atoms with E-state index in [1.54, 1.807) is 30.5 Å². The van der Waals surface area contributed by atoms with Crippen molar-refractivity contribution in [2.45, 2.75) is 20.4 Å². The van der Waals surface area contributed by atoms with E-state index < -0.39 is 5.91 Å². The Morgan fingerprint density at radius 1 is 1.38 bits per heavy atom. The number of aromatic nitrogens is 1. The summed E-state index contributed by atoms with van der Waals surface area (Å²) in [4.78, 5) is 15.7. The molecule has 110 valence electrons. The molecule has 0 aliphatic rings. The molecule has 1 aromatic heterocycles. The number of benzene rings is 1. The zero-order valence-corrected chi connectivity index (χ0v) is 12.2. The number of amides is 1.